The Bertz CT molecular complexity index is 201. The number of halogens is 1. The molecule has 0 radical (unpaired) electrons. The average Bonchev–Trinajstić information content (AvgIpc) is 2.18. The number of nitrogens with zero attached hydrogens (tertiary/aromatic N) is 2. The van der Waals surface area contributed by atoms with Crippen LogP contribution in [0.1, 0.15) is 33.1 Å². The summed E-state index contributed by atoms with van der Waals surface area (Å²) in [5.41, 5.74) is -1.55. The Morgan fingerprint density at radius 1 is 1.54 bits per heavy atom. The average molecular weight is 184 g/mol. The van der Waals surface area contributed by atoms with Gasteiger partial charge < -0.3 is 4.90 Å². The lowest BCUT2D eigenvalue weighted by Gasteiger charge is -2.36. The Morgan fingerprint density at radius 3 is 2.46 bits per heavy atom. The second-order valence-corrected chi connectivity index (χ2v) is 3.87. The monoisotopic (exact) mass is 184 g/mol. The standard InChI is InChI=1S/C10H17FN2/c1-3-9(2)13-6-4-10(11,8-12)5-7-13/h9H,3-7H2,1-2H3. The van der Waals surface area contributed by atoms with Crippen LogP contribution in [-0.2, 0) is 0 Å². The van der Waals surface area contributed by atoms with E-state index in [-0.39, 0.29) is 0 Å². The third-order valence-electron chi connectivity index (χ3n) is 3.01. The predicted molar refractivity (Wildman–Crippen MR) is 50.0 cm³/mol. The topological polar surface area (TPSA) is 27.0 Å². The normalized spacial score (nSPS) is 25.1. The molecule has 1 unspecified atom stereocenters. The SMILES string of the molecule is CCC(C)N1CCC(F)(C#N)CC1. The van der Waals surface area contributed by atoms with Gasteiger partial charge >= 0.3 is 0 Å². The number of hydrogen-bond acceptors (Lipinski definition) is 2. The second-order valence-electron chi connectivity index (χ2n) is 3.87. The molecule has 1 fully saturated rings. The van der Waals surface area contributed by atoms with Gasteiger partial charge in [0, 0.05) is 32.0 Å². The summed E-state index contributed by atoms with van der Waals surface area (Å²) >= 11 is 0. The maximum Gasteiger partial charge on any atom is 0.198 e. The molecule has 1 heterocycles. The molecule has 0 N–H and O–H groups in total. The van der Waals surface area contributed by atoms with Gasteiger partial charge in [0.1, 0.15) is 6.07 Å². The minimum Gasteiger partial charge on any atom is -0.300 e. The Morgan fingerprint density at radius 2 is 2.08 bits per heavy atom. The van der Waals surface area contributed by atoms with Crippen molar-refractivity contribution in [3.05, 3.63) is 0 Å². The van der Waals surface area contributed by atoms with Crippen molar-refractivity contribution in [2.75, 3.05) is 13.1 Å². The molecule has 1 saturated heterocycles. The van der Waals surface area contributed by atoms with Crippen LogP contribution in [0, 0.1) is 11.3 Å². The summed E-state index contributed by atoms with van der Waals surface area (Å²) in [6.45, 7) is 5.72. The minimum atomic E-state index is -1.55. The van der Waals surface area contributed by atoms with E-state index in [2.05, 4.69) is 18.7 Å². The van der Waals surface area contributed by atoms with E-state index in [1.54, 1.807) is 6.07 Å². The van der Waals surface area contributed by atoms with Crippen LogP contribution < -0.4 is 0 Å². The van der Waals surface area contributed by atoms with Crippen molar-refractivity contribution in [1.29, 1.82) is 5.26 Å². The highest BCUT2D eigenvalue weighted by atomic mass is 19.1. The van der Waals surface area contributed by atoms with E-state index >= 15 is 0 Å². The van der Waals surface area contributed by atoms with Crippen molar-refractivity contribution < 1.29 is 4.39 Å². The number of hydrogen-bond donors (Lipinski definition) is 0. The predicted octanol–water partition coefficient (Wildman–Crippen LogP) is 2.11. The first-order valence-electron chi connectivity index (χ1n) is 4.95. The Balaban J connectivity index is 2.44. The highest BCUT2D eigenvalue weighted by molar-refractivity contribution is 5.03. The molecular weight excluding hydrogens is 167 g/mol. The molecule has 0 bridgehead atoms. The van der Waals surface area contributed by atoms with Gasteiger partial charge in [-0.2, -0.15) is 5.26 Å². The van der Waals surface area contributed by atoms with Gasteiger partial charge in [-0.05, 0) is 13.3 Å². The molecule has 0 aromatic carbocycles. The van der Waals surface area contributed by atoms with Crippen LogP contribution in [0.5, 0.6) is 0 Å². The van der Waals surface area contributed by atoms with Gasteiger partial charge in [-0.3, -0.25) is 0 Å². The first-order chi connectivity index (χ1) is 6.11. The van der Waals surface area contributed by atoms with Gasteiger partial charge in [-0.1, -0.05) is 6.92 Å². The van der Waals surface area contributed by atoms with Crippen LogP contribution in [0.2, 0.25) is 0 Å². The van der Waals surface area contributed by atoms with Crippen LogP contribution in [0.15, 0.2) is 0 Å². The van der Waals surface area contributed by atoms with Crippen LogP contribution in [0.25, 0.3) is 0 Å². The summed E-state index contributed by atoms with van der Waals surface area (Å²) < 4.78 is 13.5. The van der Waals surface area contributed by atoms with Gasteiger partial charge in [0.15, 0.2) is 5.67 Å². The molecule has 0 saturated carbocycles. The zero-order valence-electron chi connectivity index (χ0n) is 8.39. The summed E-state index contributed by atoms with van der Waals surface area (Å²) in [6.07, 6.45) is 1.83. The molecule has 13 heavy (non-hydrogen) atoms. The third-order valence-corrected chi connectivity index (χ3v) is 3.01. The molecule has 0 aliphatic carbocycles. The van der Waals surface area contributed by atoms with Gasteiger partial charge in [-0.15, -0.1) is 0 Å². The number of rotatable bonds is 2. The van der Waals surface area contributed by atoms with E-state index in [1.165, 1.54) is 0 Å². The Hall–Kier alpha value is -0.620. The second kappa shape index (κ2) is 4.06. The van der Waals surface area contributed by atoms with E-state index in [0.29, 0.717) is 18.9 Å². The van der Waals surface area contributed by atoms with Gasteiger partial charge in [0.05, 0.1) is 0 Å². The lowest BCUT2D eigenvalue weighted by atomic mass is 9.94. The fourth-order valence-corrected chi connectivity index (χ4v) is 1.69. The van der Waals surface area contributed by atoms with Crippen LogP contribution >= 0.6 is 0 Å². The van der Waals surface area contributed by atoms with E-state index in [1.807, 2.05) is 0 Å². The third kappa shape index (κ3) is 2.41. The van der Waals surface area contributed by atoms with Crippen molar-refractivity contribution in [3.63, 3.8) is 0 Å². The molecule has 74 valence electrons. The van der Waals surface area contributed by atoms with Crippen molar-refractivity contribution in [2.45, 2.75) is 44.8 Å². The van der Waals surface area contributed by atoms with Crippen molar-refractivity contribution in [2.24, 2.45) is 0 Å². The summed E-state index contributed by atoms with van der Waals surface area (Å²) in [5, 5.41) is 8.59. The van der Waals surface area contributed by atoms with Crippen molar-refractivity contribution in [3.8, 4) is 6.07 Å². The van der Waals surface area contributed by atoms with Crippen LogP contribution in [0.4, 0.5) is 4.39 Å². The maximum absolute atomic E-state index is 13.5. The summed E-state index contributed by atoms with van der Waals surface area (Å²) in [6, 6.07) is 2.28. The highest BCUT2D eigenvalue weighted by Gasteiger charge is 2.35. The summed E-state index contributed by atoms with van der Waals surface area (Å²) in [4.78, 5) is 2.26. The first-order valence-corrected chi connectivity index (χ1v) is 4.95. The Labute approximate surface area is 79.3 Å². The molecule has 2 nitrogen and oxygen atoms in total. The van der Waals surface area contributed by atoms with E-state index in [9.17, 15) is 4.39 Å². The summed E-state index contributed by atoms with van der Waals surface area (Å²) in [5.74, 6) is 0. The molecule has 3 heteroatoms. The van der Waals surface area contributed by atoms with Crippen molar-refractivity contribution in [1.82, 2.24) is 4.90 Å². The number of alkyl halides is 1. The molecule has 1 rings (SSSR count). The smallest absolute Gasteiger partial charge is 0.198 e. The number of likely N-dealkylation sites (tertiary alicyclic amines) is 1. The van der Waals surface area contributed by atoms with Crippen LogP contribution in [-0.4, -0.2) is 29.7 Å². The van der Waals surface area contributed by atoms with Gasteiger partial charge in [0.2, 0.25) is 0 Å². The fraction of sp³-hybridized carbons (Fsp3) is 0.900. The number of nitriles is 1. The first kappa shape index (κ1) is 10.5. The molecule has 0 aromatic rings. The molecule has 1 aliphatic heterocycles. The maximum atomic E-state index is 13.5. The molecule has 0 amide bonds. The van der Waals surface area contributed by atoms with E-state index < -0.39 is 5.67 Å². The fourth-order valence-electron chi connectivity index (χ4n) is 1.69. The zero-order chi connectivity index (χ0) is 9.90. The Kier molecular flexibility index (Phi) is 3.27. The quantitative estimate of drug-likeness (QED) is 0.657. The van der Waals surface area contributed by atoms with Gasteiger partial charge in [0.25, 0.3) is 0 Å². The van der Waals surface area contributed by atoms with E-state index in [4.69, 9.17) is 5.26 Å². The van der Waals surface area contributed by atoms with Crippen LogP contribution in [0.3, 0.4) is 0 Å². The number of piperidine rings is 1. The molecule has 0 aromatic heterocycles. The molecular formula is C10H17FN2. The lowest BCUT2D eigenvalue weighted by molar-refractivity contribution is 0.0781. The lowest BCUT2D eigenvalue weighted by Crippen LogP contribution is -2.44. The molecule has 1 atom stereocenters. The zero-order valence-corrected chi connectivity index (χ0v) is 8.39. The summed E-state index contributed by atoms with van der Waals surface area (Å²) in [7, 11) is 0. The van der Waals surface area contributed by atoms with Crippen molar-refractivity contribution >= 4 is 0 Å². The highest BCUT2D eigenvalue weighted by Crippen LogP contribution is 2.26. The minimum absolute atomic E-state index is 0.369. The molecule has 1 aliphatic rings. The largest absolute Gasteiger partial charge is 0.300 e. The van der Waals surface area contributed by atoms with E-state index in [0.717, 1.165) is 19.5 Å². The molecule has 0 spiro atoms. The van der Waals surface area contributed by atoms with Gasteiger partial charge in [-0.25, -0.2) is 4.39 Å².